The van der Waals surface area contributed by atoms with Crippen molar-refractivity contribution >= 4 is 28.9 Å². The third kappa shape index (κ3) is 3.20. The second-order valence-electron chi connectivity index (χ2n) is 6.09. The normalized spacial score (nSPS) is 19.4. The van der Waals surface area contributed by atoms with E-state index >= 15 is 0 Å². The van der Waals surface area contributed by atoms with E-state index in [1.54, 1.807) is 24.3 Å². The Morgan fingerprint density at radius 1 is 1.04 bits per heavy atom. The maximum Gasteiger partial charge on any atom is 0.435 e. The molecule has 0 spiro atoms. The molecular formula is C17H10Cl2F3N5O. The highest BCUT2D eigenvalue weighted by Crippen LogP contribution is 2.49. The number of hydrogen-bond acceptors (Lipinski definition) is 5. The number of oxime groups is 1. The molecular weight excluding hydrogens is 418 g/mol. The smallest absolute Gasteiger partial charge is 0.374 e. The van der Waals surface area contributed by atoms with Crippen molar-refractivity contribution in [3.63, 3.8) is 0 Å². The van der Waals surface area contributed by atoms with Crippen molar-refractivity contribution in [2.75, 3.05) is 0 Å². The first-order valence-electron chi connectivity index (χ1n) is 7.91. The molecule has 0 bridgehead atoms. The van der Waals surface area contributed by atoms with Crippen LogP contribution in [0.1, 0.15) is 17.5 Å². The van der Waals surface area contributed by atoms with Crippen molar-refractivity contribution in [3.05, 3.63) is 70.0 Å². The number of aromatic nitrogens is 4. The predicted molar refractivity (Wildman–Crippen MR) is 95.6 cm³/mol. The minimum atomic E-state index is -4.74. The van der Waals surface area contributed by atoms with Gasteiger partial charge in [0.2, 0.25) is 0 Å². The highest BCUT2D eigenvalue weighted by Gasteiger charge is 2.62. The fraction of sp³-hybridized carbons (Fsp3) is 0.176. The average Bonchev–Trinajstić information content (AvgIpc) is 3.31. The van der Waals surface area contributed by atoms with Crippen molar-refractivity contribution in [3.8, 4) is 5.69 Å². The monoisotopic (exact) mass is 427 g/mol. The second-order valence-corrected chi connectivity index (χ2v) is 6.96. The Morgan fingerprint density at radius 2 is 1.71 bits per heavy atom. The zero-order valence-electron chi connectivity index (χ0n) is 13.9. The second kappa shape index (κ2) is 6.75. The SMILES string of the molecule is FC(F)(F)C1(c2cc(Cl)cc(Cl)c2)CC(c2ccc(-n3cnnn3)cc2)=NO1. The van der Waals surface area contributed by atoms with Crippen LogP contribution in [-0.2, 0) is 10.4 Å². The van der Waals surface area contributed by atoms with Crippen molar-refractivity contribution in [1.29, 1.82) is 0 Å². The largest absolute Gasteiger partial charge is 0.435 e. The maximum atomic E-state index is 14.0. The molecule has 0 saturated heterocycles. The highest BCUT2D eigenvalue weighted by atomic mass is 35.5. The first kappa shape index (κ1) is 18.7. The Morgan fingerprint density at radius 3 is 2.29 bits per heavy atom. The van der Waals surface area contributed by atoms with Gasteiger partial charge in [-0.2, -0.15) is 13.2 Å². The van der Waals surface area contributed by atoms with Gasteiger partial charge in [0, 0.05) is 22.0 Å². The van der Waals surface area contributed by atoms with Gasteiger partial charge >= 0.3 is 6.18 Å². The van der Waals surface area contributed by atoms with Gasteiger partial charge in [-0.15, -0.1) is 5.10 Å². The van der Waals surface area contributed by atoms with E-state index in [9.17, 15) is 13.2 Å². The van der Waals surface area contributed by atoms with E-state index in [2.05, 4.69) is 20.7 Å². The van der Waals surface area contributed by atoms with Gasteiger partial charge in [-0.05, 0) is 46.3 Å². The van der Waals surface area contributed by atoms with Crippen molar-refractivity contribution in [1.82, 2.24) is 20.2 Å². The van der Waals surface area contributed by atoms with E-state index in [1.165, 1.54) is 29.2 Å². The van der Waals surface area contributed by atoms with Gasteiger partial charge in [0.25, 0.3) is 5.60 Å². The van der Waals surface area contributed by atoms with Gasteiger partial charge in [0.15, 0.2) is 0 Å². The molecule has 28 heavy (non-hydrogen) atoms. The van der Waals surface area contributed by atoms with Crippen LogP contribution >= 0.6 is 23.2 Å². The first-order valence-corrected chi connectivity index (χ1v) is 8.66. The summed E-state index contributed by atoms with van der Waals surface area (Å²) in [7, 11) is 0. The van der Waals surface area contributed by atoms with E-state index in [1.807, 2.05) is 0 Å². The Labute approximate surface area is 166 Å². The number of alkyl halides is 3. The van der Waals surface area contributed by atoms with Crippen LogP contribution < -0.4 is 0 Å². The first-order chi connectivity index (χ1) is 13.3. The number of nitrogens with zero attached hydrogens (tertiary/aromatic N) is 5. The van der Waals surface area contributed by atoms with Crippen LogP contribution in [0.25, 0.3) is 5.69 Å². The molecule has 0 fully saturated rings. The van der Waals surface area contributed by atoms with E-state index in [-0.39, 0.29) is 21.3 Å². The van der Waals surface area contributed by atoms with E-state index in [0.29, 0.717) is 11.3 Å². The van der Waals surface area contributed by atoms with Crippen LogP contribution in [0.4, 0.5) is 13.2 Å². The summed E-state index contributed by atoms with van der Waals surface area (Å²) < 4.78 is 43.4. The molecule has 3 aromatic rings. The topological polar surface area (TPSA) is 65.2 Å². The predicted octanol–water partition coefficient (Wildman–Crippen LogP) is 4.55. The van der Waals surface area contributed by atoms with Crippen molar-refractivity contribution in [2.45, 2.75) is 18.2 Å². The zero-order chi connectivity index (χ0) is 19.9. The fourth-order valence-electron chi connectivity index (χ4n) is 2.93. The summed E-state index contributed by atoms with van der Waals surface area (Å²) >= 11 is 11.8. The van der Waals surface area contributed by atoms with Crippen molar-refractivity contribution in [2.24, 2.45) is 5.16 Å². The van der Waals surface area contributed by atoms with E-state index in [0.717, 1.165) is 0 Å². The molecule has 0 radical (unpaired) electrons. The van der Waals surface area contributed by atoms with Gasteiger partial charge in [-0.1, -0.05) is 40.5 Å². The molecule has 0 saturated carbocycles. The van der Waals surface area contributed by atoms with Crippen LogP contribution in [0.2, 0.25) is 10.0 Å². The molecule has 1 aliphatic heterocycles. The van der Waals surface area contributed by atoms with Crippen LogP contribution in [0.15, 0.2) is 53.9 Å². The molecule has 1 atom stereocenters. The van der Waals surface area contributed by atoms with Crippen LogP contribution in [0.3, 0.4) is 0 Å². The molecule has 11 heteroatoms. The quantitative estimate of drug-likeness (QED) is 0.614. The number of rotatable bonds is 3. The van der Waals surface area contributed by atoms with E-state index in [4.69, 9.17) is 28.0 Å². The summed E-state index contributed by atoms with van der Waals surface area (Å²) in [6, 6.07) is 10.3. The molecule has 1 unspecified atom stereocenters. The Hall–Kier alpha value is -2.65. The lowest BCUT2D eigenvalue weighted by Gasteiger charge is -2.29. The molecule has 1 aliphatic rings. The minimum absolute atomic E-state index is 0.0777. The summed E-state index contributed by atoms with van der Waals surface area (Å²) in [4.78, 5) is 4.98. The molecule has 2 heterocycles. The average molecular weight is 428 g/mol. The third-order valence-corrected chi connectivity index (χ3v) is 4.77. The lowest BCUT2D eigenvalue weighted by molar-refractivity contribution is -0.275. The van der Waals surface area contributed by atoms with Crippen LogP contribution in [0.5, 0.6) is 0 Å². The van der Waals surface area contributed by atoms with Gasteiger partial charge in [-0.25, -0.2) is 4.68 Å². The standard InChI is InChI=1S/C17H10Cl2F3N5O/c18-12-5-11(6-13(19)7-12)16(17(20,21)22)8-15(24-28-16)10-1-3-14(4-2-10)27-9-23-25-26-27/h1-7,9H,8H2. The Balaban J connectivity index is 1.67. The summed E-state index contributed by atoms with van der Waals surface area (Å²) in [5, 5.41) is 14.7. The fourth-order valence-corrected chi connectivity index (χ4v) is 3.46. The van der Waals surface area contributed by atoms with Crippen LogP contribution in [0, 0.1) is 0 Å². The molecule has 144 valence electrons. The summed E-state index contributed by atoms with van der Waals surface area (Å²) in [6.45, 7) is 0. The van der Waals surface area contributed by atoms with Gasteiger partial charge in [0.1, 0.15) is 6.33 Å². The summed E-state index contributed by atoms with van der Waals surface area (Å²) in [6.07, 6.45) is -3.85. The molecule has 4 rings (SSSR count). The lowest BCUT2D eigenvalue weighted by Crippen LogP contribution is -2.42. The lowest BCUT2D eigenvalue weighted by atomic mass is 9.86. The molecule has 0 amide bonds. The summed E-state index contributed by atoms with van der Waals surface area (Å²) in [5.41, 5.74) is -1.59. The Kier molecular flexibility index (Phi) is 4.51. The number of halogens is 5. The zero-order valence-corrected chi connectivity index (χ0v) is 15.4. The molecule has 0 N–H and O–H groups in total. The molecule has 6 nitrogen and oxygen atoms in total. The molecule has 2 aromatic carbocycles. The number of hydrogen-bond donors (Lipinski definition) is 0. The Bertz CT molecular complexity index is 1020. The van der Waals surface area contributed by atoms with Crippen molar-refractivity contribution < 1.29 is 18.0 Å². The number of tetrazole rings is 1. The van der Waals surface area contributed by atoms with Gasteiger partial charge in [0.05, 0.1) is 11.4 Å². The minimum Gasteiger partial charge on any atom is -0.374 e. The van der Waals surface area contributed by atoms with E-state index < -0.39 is 18.2 Å². The molecule has 0 aliphatic carbocycles. The van der Waals surface area contributed by atoms with Gasteiger partial charge in [-0.3, -0.25) is 0 Å². The number of benzene rings is 2. The maximum absolute atomic E-state index is 14.0. The van der Waals surface area contributed by atoms with Gasteiger partial charge < -0.3 is 4.84 Å². The third-order valence-electron chi connectivity index (χ3n) is 4.33. The highest BCUT2D eigenvalue weighted by molar-refractivity contribution is 6.34. The molecule has 1 aromatic heterocycles. The van der Waals surface area contributed by atoms with Crippen LogP contribution in [-0.4, -0.2) is 32.1 Å². The summed E-state index contributed by atoms with van der Waals surface area (Å²) in [5.74, 6) is 0.